The number of oxime groups is 1. The highest BCUT2D eigenvalue weighted by Crippen LogP contribution is 2.17. The number of hydrogen-bond acceptors (Lipinski definition) is 9. The van der Waals surface area contributed by atoms with E-state index in [0.717, 1.165) is 24.2 Å². The molecule has 3 aromatic heterocycles. The van der Waals surface area contributed by atoms with Gasteiger partial charge in [0, 0.05) is 24.2 Å². The van der Waals surface area contributed by atoms with Crippen molar-refractivity contribution >= 4 is 28.5 Å². The summed E-state index contributed by atoms with van der Waals surface area (Å²) in [7, 11) is 1.94. The van der Waals surface area contributed by atoms with Crippen molar-refractivity contribution in [2.75, 3.05) is 25.5 Å². The number of hydrogen-bond donors (Lipinski definition) is 2. The van der Waals surface area contributed by atoms with E-state index in [2.05, 4.69) is 15.2 Å². The highest BCUT2D eigenvalue weighted by Gasteiger charge is 2.13. The Bertz CT molecular complexity index is 1020. The number of aryl methyl sites for hydroxylation is 2. The molecule has 0 bridgehead atoms. The molecule has 3 rings (SSSR count). The maximum atomic E-state index is 11.1. The zero-order valence-corrected chi connectivity index (χ0v) is 17.4. The molecule has 0 unspecified atom stereocenters. The summed E-state index contributed by atoms with van der Waals surface area (Å²) in [5.41, 5.74) is 13.6. The van der Waals surface area contributed by atoms with Crippen LogP contribution in [0.15, 0.2) is 41.3 Å². The third kappa shape index (κ3) is 5.61. The predicted molar refractivity (Wildman–Crippen MR) is 113 cm³/mol. The largest absolute Gasteiger partial charge is 0.484 e. The fraction of sp³-hybridized carbons (Fsp3) is 0.316. The van der Waals surface area contributed by atoms with E-state index in [-0.39, 0.29) is 18.9 Å². The third-order valence-corrected chi connectivity index (χ3v) is 4.80. The third-order valence-electron chi connectivity index (χ3n) is 4.13. The summed E-state index contributed by atoms with van der Waals surface area (Å²) in [4.78, 5) is 20.3. The molecule has 30 heavy (non-hydrogen) atoms. The van der Waals surface area contributed by atoms with Crippen molar-refractivity contribution in [2.45, 2.75) is 13.0 Å². The van der Waals surface area contributed by atoms with E-state index in [1.165, 1.54) is 11.3 Å². The van der Waals surface area contributed by atoms with Crippen LogP contribution in [0.4, 0.5) is 5.13 Å². The number of nitrogens with zero attached hydrogens (tertiary/aromatic N) is 5. The number of aromatic nitrogens is 4. The van der Waals surface area contributed by atoms with Crippen molar-refractivity contribution in [1.82, 2.24) is 14.8 Å². The first-order valence-electron chi connectivity index (χ1n) is 9.32. The smallest absolute Gasteiger partial charge is 0.215 e. The Morgan fingerprint density at radius 2 is 2.27 bits per heavy atom. The van der Waals surface area contributed by atoms with Crippen LogP contribution in [0.3, 0.4) is 0 Å². The van der Waals surface area contributed by atoms with Crippen LogP contribution in [0, 0.1) is 0 Å². The molecule has 4 N–H and O–H groups in total. The number of nitrogens with two attached hydrogens (primary N) is 2. The van der Waals surface area contributed by atoms with Crippen molar-refractivity contribution in [3.05, 3.63) is 41.8 Å². The Kier molecular flexibility index (Phi) is 7.46. The molecule has 0 amide bonds. The van der Waals surface area contributed by atoms with Gasteiger partial charge in [-0.15, -0.1) is 11.3 Å². The normalized spacial score (nSPS) is 11.5. The first-order valence-corrected chi connectivity index (χ1v) is 10.2. The molecule has 0 radical (unpaired) electrons. The number of ether oxygens (including phenoxy) is 1. The minimum Gasteiger partial charge on any atom is -0.484 e. The molecular formula is C19H24N7O3S+. The standard InChI is InChI=1S/C19H24N7O3S/c1-25-11-15(3-4-18(25)14-9-22-26(10-14)6-2-5-20)28-7-8-29-24-16(12-27)17-13-30-19(21)23-17/h3-4,9-13H,2,5-8,20H2,1H3,(H2,21,23)/q+1/b24-16+. The van der Waals surface area contributed by atoms with Crippen LogP contribution in [0.5, 0.6) is 5.75 Å². The number of rotatable bonds is 11. The number of thiazole rings is 1. The summed E-state index contributed by atoms with van der Waals surface area (Å²) < 4.78 is 9.54. The maximum Gasteiger partial charge on any atom is 0.215 e. The topological polar surface area (TPSA) is 135 Å². The SMILES string of the molecule is C[n+]1cc(OCCO/N=C(\C=O)c2csc(N)n2)ccc1-c1cnn(CCCN)c1. The average molecular weight is 431 g/mol. The Morgan fingerprint density at radius 3 is 2.97 bits per heavy atom. The van der Waals surface area contributed by atoms with Gasteiger partial charge in [0.15, 0.2) is 29.5 Å². The van der Waals surface area contributed by atoms with Gasteiger partial charge in [0.1, 0.15) is 19.3 Å². The van der Waals surface area contributed by atoms with Crippen LogP contribution in [0.1, 0.15) is 12.1 Å². The lowest BCUT2D eigenvalue weighted by Crippen LogP contribution is -2.30. The number of carbonyl (C=O) groups excluding carboxylic acids is 1. The molecule has 0 fully saturated rings. The van der Waals surface area contributed by atoms with E-state index in [0.29, 0.717) is 29.4 Å². The number of anilines is 1. The highest BCUT2D eigenvalue weighted by molar-refractivity contribution is 7.13. The summed E-state index contributed by atoms with van der Waals surface area (Å²) in [6.45, 7) is 1.88. The van der Waals surface area contributed by atoms with Gasteiger partial charge in [-0.2, -0.15) is 9.67 Å². The lowest BCUT2D eigenvalue weighted by Gasteiger charge is -2.05. The Labute approximate surface area is 177 Å². The summed E-state index contributed by atoms with van der Waals surface area (Å²) in [5, 5.41) is 10.2. The molecule has 158 valence electrons. The van der Waals surface area contributed by atoms with Gasteiger partial charge in [0.25, 0.3) is 0 Å². The van der Waals surface area contributed by atoms with E-state index in [9.17, 15) is 4.79 Å². The lowest BCUT2D eigenvalue weighted by molar-refractivity contribution is -0.660. The van der Waals surface area contributed by atoms with E-state index >= 15 is 0 Å². The van der Waals surface area contributed by atoms with Crippen molar-refractivity contribution in [3.8, 4) is 17.0 Å². The molecule has 3 heterocycles. The van der Waals surface area contributed by atoms with Gasteiger partial charge >= 0.3 is 0 Å². The van der Waals surface area contributed by atoms with E-state index < -0.39 is 0 Å². The molecule has 11 heteroatoms. The number of aldehydes is 1. The van der Waals surface area contributed by atoms with Crippen molar-refractivity contribution < 1.29 is 18.9 Å². The van der Waals surface area contributed by atoms with Crippen LogP contribution in [0.2, 0.25) is 0 Å². The van der Waals surface area contributed by atoms with Gasteiger partial charge in [-0.05, 0) is 19.0 Å². The first-order chi connectivity index (χ1) is 14.6. The zero-order chi connectivity index (χ0) is 21.3. The lowest BCUT2D eigenvalue weighted by atomic mass is 10.2. The van der Waals surface area contributed by atoms with Gasteiger partial charge in [-0.25, -0.2) is 4.98 Å². The first kappa shape index (κ1) is 21.4. The van der Waals surface area contributed by atoms with Crippen molar-refractivity contribution in [2.24, 2.45) is 17.9 Å². The van der Waals surface area contributed by atoms with Gasteiger partial charge < -0.3 is 21.0 Å². The fourth-order valence-electron chi connectivity index (χ4n) is 2.68. The number of carbonyl (C=O) groups is 1. The molecule has 0 aromatic carbocycles. The summed E-state index contributed by atoms with van der Waals surface area (Å²) in [6.07, 6.45) is 7.17. The molecule has 0 atom stereocenters. The fourth-order valence-corrected chi connectivity index (χ4v) is 3.24. The predicted octanol–water partition coefficient (Wildman–Crippen LogP) is 0.761. The monoisotopic (exact) mass is 430 g/mol. The molecule has 0 saturated carbocycles. The maximum absolute atomic E-state index is 11.1. The molecule has 0 spiro atoms. The molecule has 3 aromatic rings. The van der Waals surface area contributed by atoms with Gasteiger partial charge in [-0.3, -0.25) is 9.48 Å². The van der Waals surface area contributed by atoms with Gasteiger partial charge in [0.2, 0.25) is 11.9 Å². The Hall–Kier alpha value is -3.31. The minimum absolute atomic E-state index is 0.0886. The van der Waals surface area contributed by atoms with Crippen molar-refractivity contribution in [3.63, 3.8) is 0 Å². The zero-order valence-electron chi connectivity index (χ0n) is 16.6. The molecule has 0 saturated heterocycles. The summed E-state index contributed by atoms with van der Waals surface area (Å²) >= 11 is 1.23. The molecule has 0 aliphatic rings. The van der Waals surface area contributed by atoms with Crippen LogP contribution >= 0.6 is 11.3 Å². The molecule has 10 nitrogen and oxygen atoms in total. The summed E-state index contributed by atoms with van der Waals surface area (Å²) in [5.74, 6) is 0.687. The van der Waals surface area contributed by atoms with Crippen LogP contribution in [-0.4, -0.2) is 46.5 Å². The van der Waals surface area contributed by atoms with Gasteiger partial charge in [-0.1, -0.05) is 5.16 Å². The Morgan fingerprint density at radius 1 is 1.40 bits per heavy atom. The summed E-state index contributed by atoms with van der Waals surface area (Å²) in [6, 6.07) is 3.85. The minimum atomic E-state index is 0.0886. The van der Waals surface area contributed by atoms with E-state index in [1.54, 1.807) is 5.38 Å². The quantitative estimate of drug-likeness (QED) is 0.151. The van der Waals surface area contributed by atoms with E-state index in [4.69, 9.17) is 21.0 Å². The molecular weight excluding hydrogens is 406 g/mol. The Balaban J connectivity index is 1.51. The second-order valence-electron chi connectivity index (χ2n) is 6.34. The van der Waals surface area contributed by atoms with Crippen molar-refractivity contribution in [1.29, 1.82) is 0 Å². The van der Waals surface area contributed by atoms with Crippen LogP contribution in [0.25, 0.3) is 11.3 Å². The molecule has 0 aliphatic heterocycles. The number of nitrogen functional groups attached to an aromatic ring is 1. The number of pyridine rings is 1. The van der Waals surface area contributed by atoms with Crippen LogP contribution < -0.4 is 20.8 Å². The second-order valence-corrected chi connectivity index (χ2v) is 7.23. The van der Waals surface area contributed by atoms with Gasteiger partial charge in [0.05, 0.1) is 11.8 Å². The van der Waals surface area contributed by atoms with Crippen LogP contribution in [-0.2, 0) is 23.2 Å². The second kappa shape index (κ2) is 10.5. The average Bonchev–Trinajstić information content (AvgIpc) is 3.38. The van der Waals surface area contributed by atoms with E-state index in [1.807, 2.05) is 47.0 Å². The molecule has 0 aliphatic carbocycles. The highest BCUT2D eigenvalue weighted by atomic mass is 32.1.